The van der Waals surface area contributed by atoms with Gasteiger partial charge in [-0.1, -0.05) is 42.5 Å². The predicted molar refractivity (Wildman–Crippen MR) is 60.2 cm³/mol. The van der Waals surface area contributed by atoms with E-state index in [2.05, 4.69) is 23.0 Å². The molecular weight excluding hydrogens is 198 g/mol. The Morgan fingerprint density at radius 3 is 2.50 bits per heavy atom. The van der Waals surface area contributed by atoms with E-state index in [9.17, 15) is 0 Å². The molecular formula is C11H12ClNO. The lowest BCUT2D eigenvalue weighted by Gasteiger charge is -2.03. The number of halogens is 1. The van der Waals surface area contributed by atoms with Gasteiger partial charge in [0.1, 0.15) is 0 Å². The van der Waals surface area contributed by atoms with E-state index in [4.69, 9.17) is 5.90 Å². The summed E-state index contributed by atoms with van der Waals surface area (Å²) in [7, 11) is 0. The van der Waals surface area contributed by atoms with Crippen LogP contribution in [-0.4, -0.2) is 0 Å². The van der Waals surface area contributed by atoms with Crippen molar-refractivity contribution in [2.24, 2.45) is 5.90 Å². The van der Waals surface area contributed by atoms with Crippen LogP contribution in [0.5, 0.6) is 0 Å². The molecule has 0 spiro atoms. The van der Waals surface area contributed by atoms with Gasteiger partial charge in [0.25, 0.3) is 0 Å². The maximum atomic E-state index is 5.05. The van der Waals surface area contributed by atoms with Crippen LogP contribution in [-0.2, 0) is 11.4 Å². The molecule has 14 heavy (non-hydrogen) atoms. The number of hydrogen-bond donors (Lipinski definition) is 1. The smallest absolute Gasteiger partial charge is 0.0936 e. The van der Waals surface area contributed by atoms with E-state index in [0.29, 0.717) is 6.61 Å². The van der Waals surface area contributed by atoms with Gasteiger partial charge in [0.05, 0.1) is 6.61 Å². The first kappa shape index (κ1) is 11.0. The van der Waals surface area contributed by atoms with Gasteiger partial charge < -0.3 is 0 Å². The Bertz CT molecular complexity index is 411. The van der Waals surface area contributed by atoms with Gasteiger partial charge in [-0.2, -0.15) is 0 Å². The zero-order valence-electron chi connectivity index (χ0n) is 7.64. The van der Waals surface area contributed by atoms with Gasteiger partial charge >= 0.3 is 0 Å². The van der Waals surface area contributed by atoms with Crippen LogP contribution in [0, 0.1) is 0 Å². The molecule has 2 N–H and O–H groups in total. The summed E-state index contributed by atoms with van der Waals surface area (Å²) in [5.41, 5.74) is 1.13. The zero-order valence-corrected chi connectivity index (χ0v) is 8.46. The van der Waals surface area contributed by atoms with Gasteiger partial charge in [-0.05, 0) is 16.3 Å². The Labute approximate surface area is 89.0 Å². The second kappa shape index (κ2) is 4.96. The van der Waals surface area contributed by atoms with E-state index >= 15 is 0 Å². The maximum absolute atomic E-state index is 5.05. The Balaban J connectivity index is 0.000000980. The summed E-state index contributed by atoms with van der Waals surface area (Å²) in [5.74, 6) is 5.05. The second-order valence-electron chi connectivity index (χ2n) is 2.95. The summed E-state index contributed by atoms with van der Waals surface area (Å²) in [6.45, 7) is 0.460. The molecule has 2 rings (SSSR count). The van der Waals surface area contributed by atoms with Crippen LogP contribution in [0.25, 0.3) is 10.8 Å². The number of nitrogens with two attached hydrogens (primary N) is 1. The average molecular weight is 210 g/mol. The van der Waals surface area contributed by atoms with Gasteiger partial charge in [0, 0.05) is 0 Å². The Kier molecular flexibility index (Phi) is 3.89. The normalized spacial score (nSPS) is 9.79. The van der Waals surface area contributed by atoms with E-state index in [1.807, 2.05) is 24.3 Å². The van der Waals surface area contributed by atoms with Crippen LogP contribution in [0.2, 0.25) is 0 Å². The minimum atomic E-state index is 0. The minimum absolute atomic E-state index is 0. The molecule has 0 atom stereocenters. The Morgan fingerprint density at radius 2 is 1.71 bits per heavy atom. The molecule has 0 aromatic heterocycles. The molecule has 2 nitrogen and oxygen atoms in total. The SMILES string of the molecule is Cl.NOCc1cccc2ccccc12. The van der Waals surface area contributed by atoms with Crippen LogP contribution in [0.4, 0.5) is 0 Å². The second-order valence-corrected chi connectivity index (χ2v) is 2.95. The van der Waals surface area contributed by atoms with Crippen LogP contribution in [0.15, 0.2) is 42.5 Å². The largest absolute Gasteiger partial charge is 0.300 e. The highest BCUT2D eigenvalue weighted by atomic mass is 35.5. The molecule has 0 radical (unpaired) electrons. The summed E-state index contributed by atoms with van der Waals surface area (Å²) in [5, 5.41) is 2.42. The van der Waals surface area contributed by atoms with E-state index in [-0.39, 0.29) is 12.4 Å². The van der Waals surface area contributed by atoms with Gasteiger partial charge in [-0.15, -0.1) is 12.4 Å². The Hall–Kier alpha value is -1.09. The fourth-order valence-electron chi connectivity index (χ4n) is 1.51. The summed E-state index contributed by atoms with van der Waals surface area (Å²) < 4.78 is 0. The van der Waals surface area contributed by atoms with Crippen molar-refractivity contribution in [3.63, 3.8) is 0 Å². The molecule has 74 valence electrons. The van der Waals surface area contributed by atoms with Gasteiger partial charge in [0.15, 0.2) is 0 Å². The third kappa shape index (κ3) is 2.04. The summed E-state index contributed by atoms with van der Waals surface area (Å²) in [4.78, 5) is 4.64. The fraction of sp³-hybridized carbons (Fsp3) is 0.0909. The highest BCUT2D eigenvalue weighted by Crippen LogP contribution is 2.18. The molecule has 3 heteroatoms. The maximum Gasteiger partial charge on any atom is 0.0936 e. The highest BCUT2D eigenvalue weighted by Gasteiger charge is 1.98. The standard InChI is InChI=1S/C11H11NO.ClH/c12-13-8-10-6-3-5-9-4-1-2-7-11(9)10;/h1-7H,8,12H2;1H. The average Bonchev–Trinajstić information content (AvgIpc) is 2.19. The van der Waals surface area contributed by atoms with E-state index in [0.717, 1.165) is 5.56 Å². The zero-order chi connectivity index (χ0) is 9.10. The number of benzene rings is 2. The topological polar surface area (TPSA) is 35.2 Å². The number of hydrogen-bond acceptors (Lipinski definition) is 2. The quantitative estimate of drug-likeness (QED) is 0.772. The summed E-state index contributed by atoms with van der Waals surface area (Å²) in [6.07, 6.45) is 0. The minimum Gasteiger partial charge on any atom is -0.300 e. The fourth-order valence-corrected chi connectivity index (χ4v) is 1.51. The molecule has 0 heterocycles. The van der Waals surface area contributed by atoms with Gasteiger partial charge in [-0.3, -0.25) is 4.84 Å². The lowest BCUT2D eigenvalue weighted by Crippen LogP contribution is -1.99. The first-order valence-corrected chi connectivity index (χ1v) is 4.20. The van der Waals surface area contributed by atoms with Crippen molar-refractivity contribution in [2.45, 2.75) is 6.61 Å². The molecule has 0 saturated carbocycles. The van der Waals surface area contributed by atoms with E-state index in [1.54, 1.807) is 0 Å². The van der Waals surface area contributed by atoms with Crippen molar-refractivity contribution in [1.29, 1.82) is 0 Å². The number of rotatable bonds is 2. The van der Waals surface area contributed by atoms with Crippen molar-refractivity contribution < 1.29 is 4.84 Å². The molecule has 0 amide bonds. The molecule has 0 aliphatic rings. The lowest BCUT2D eigenvalue weighted by molar-refractivity contribution is 0.125. The molecule has 2 aromatic rings. The lowest BCUT2D eigenvalue weighted by atomic mass is 10.1. The first-order valence-electron chi connectivity index (χ1n) is 4.20. The molecule has 2 aromatic carbocycles. The summed E-state index contributed by atoms with van der Waals surface area (Å²) >= 11 is 0. The van der Waals surface area contributed by atoms with E-state index in [1.165, 1.54) is 10.8 Å². The predicted octanol–water partition coefficient (Wildman–Crippen LogP) is 2.65. The van der Waals surface area contributed by atoms with E-state index < -0.39 is 0 Å². The molecule has 0 aliphatic carbocycles. The van der Waals surface area contributed by atoms with Gasteiger partial charge in [0.2, 0.25) is 0 Å². The molecule has 0 bridgehead atoms. The van der Waals surface area contributed by atoms with Crippen molar-refractivity contribution in [3.05, 3.63) is 48.0 Å². The van der Waals surface area contributed by atoms with Crippen molar-refractivity contribution in [2.75, 3.05) is 0 Å². The number of fused-ring (bicyclic) bond motifs is 1. The summed E-state index contributed by atoms with van der Waals surface area (Å²) in [6, 6.07) is 14.3. The molecule has 0 fully saturated rings. The van der Waals surface area contributed by atoms with Crippen molar-refractivity contribution in [3.8, 4) is 0 Å². The van der Waals surface area contributed by atoms with Crippen molar-refractivity contribution >= 4 is 23.2 Å². The van der Waals surface area contributed by atoms with Crippen LogP contribution < -0.4 is 5.90 Å². The van der Waals surface area contributed by atoms with Crippen molar-refractivity contribution in [1.82, 2.24) is 0 Å². The third-order valence-electron chi connectivity index (χ3n) is 2.12. The van der Waals surface area contributed by atoms with Crippen LogP contribution in [0.3, 0.4) is 0 Å². The first-order chi connectivity index (χ1) is 6.42. The highest BCUT2D eigenvalue weighted by molar-refractivity contribution is 5.85. The van der Waals surface area contributed by atoms with Crippen LogP contribution in [0.1, 0.15) is 5.56 Å². The molecule has 0 unspecified atom stereocenters. The Morgan fingerprint density at radius 1 is 1.00 bits per heavy atom. The van der Waals surface area contributed by atoms with Crippen LogP contribution >= 0.6 is 12.4 Å². The third-order valence-corrected chi connectivity index (χ3v) is 2.12. The molecule has 0 saturated heterocycles. The molecule has 0 aliphatic heterocycles. The van der Waals surface area contributed by atoms with Gasteiger partial charge in [-0.25, -0.2) is 5.90 Å². The monoisotopic (exact) mass is 209 g/mol.